The van der Waals surface area contributed by atoms with E-state index < -0.39 is 0 Å². The van der Waals surface area contributed by atoms with Gasteiger partial charge in [-0.15, -0.1) is 0 Å². The van der Waals surface area contributed by atoms with E-state index >= 15 is 0 Å². The first kappa shape index (κ1) is 24.0. The van der Waals surface area contributed by atoms with Gasteiger partial charge in [-0.1, -0.05) is 37.3 Å². The lowest BCUT2D eigenvalue weighted by Gasteiger charge is -2.27. The van der Waals surface area contributed by atoms with Gasteiger partial charge in [-0.25, -0.2) is 0 Å². The molecule has 3 aliphatic rings. The third-order valence-electron chi connectivity index (χ3n) is 6.55. The standard InChI is InChI=1S/C24H30N4O3S2/c1-3-4-11-27-21(26-9-5-6-10-26)18(16(2)19(14-25)22(27)29)13-20-23(30)28(24(32)33-20)15-17-8-7-12-31-17/h13,17H,3-12,15H2,1-2H3/b20-13-. The Balaban J connectivity index is 1.79. The van der Waals surface area contributed by atoms with Crippen molar-refractivity contribution < 1.29 is 9.53 Å². The second kappa shape index (κ2) is 10.4. The zero-order valence-electron chi connectivity index (χ0n) is 19.3. The molecule has 1 atom stereocenters. The van der Waals surface area contributed by atoms with E-state index in [2.05, 4.69) is 17.9 Å². The van der Waals surface area contributed by atoms with E-state index in [4.69, 9.17) is 17.0 Å². The molecule has 4 heterocycles. The first-order valence-electron chi connectivity index (χ1n) is 11.8. The quantitative estimate of drug-likeness (QED) is 0.428. The summed E-state index contributed by atoms with van der Waals surface area (Å²) in [6.45, 7) is 7.36. The van der Waals surface area contributed by atoms with Crippen molar-refractivity contribution in [3.63, 3.8) is 0 Å². The van der Waals surface area contributed by atoms with E-state index in [1.54, 1.807) is 9.47 Å². The Hall–Kier alpha value is -2.15. The Morgan fingerprint density at radius 2 is 2.03 bits per heavy atom. The minimum atomic E-state index is -0.242. The molecule has 7 nitrogen and oxygen atoms in total. The van der Waals surface area contributed by atoms with E-state index in [-0.39, 0.29) is 23.1 Å². The molecule has 1 unspecified atom stereocenters. The number of hydrogen-bond acceptors (Lipinski definition) is 7. The Bertz CT molecular complexity index is 1080. The van der Waals surface area contributed by atoms with E-state index in [9.17, 15) is 14.9 Å². The monoisotopic (exact) mass is 486 g/mol. The topological polar surface area (TPSA) is 78.6 Å². The summed E-state index contributed by atoms with van der Waals surface area (Å²) in [6.07, 6.45) is 7.71. The number of thioether (sulfide) groups is 1. The molecule has 33 heavy (non-hydrogen) atoms. The lowest BCUT2D eigenvalue weighted by molar-refractivity contribution is -0.123. The Labute approximate surface area is 204 Å². The van der Waals surface area contributed by atoms with Gasteiger partial charge in [0, 0.05) is 31.8 Å². The van der Waals surface area contributed by atoms with Crippen LogP contribution in [0, 0.1) is 18.3 Å². The van der Waals surface area contributed by atoms with Gasteiger partial charge >= 0.3 is 0 Å². The highest BCUT2D eigenvalue weighted by Crippen LogP contribution is 2.37. The SMILES string of the molecule is CCCCn1c(N2CCCC2)c(/C=C2\SC(=S)N(CC3CCCO3)C2=O)c(C)c(C#N)c1=O. The number of unbranched alkanes of at least 4 members (excludes halogenated alkanes) is 1. The van der Waals surface area contributed by atoms with Crippen LogP contribution >= 0.6 is 24.0 Å². The maximum atomic E-state index is 13.3. The molecule has 0 spiro atoms. The molecular weight excluding hydrogens is 456 g/mol. The second-order valence-electron chi connectivity index (χ2n) is 8.78. The maximum Gasteiger partial charge on any atom is 0.270 e. The third kappa shape index (κ3) is 4.75. The fourth-order valence-corrected chi connectivity index (χ4v) is 5.97. The lowest BCUT2D eigenvalue weighted by Crippen LogP contribution is -2.35. The van der Waals surface area contributed by atoms with Crippen molar-refractivity contribution in [2.45, 2.75) is 65.0 Å². The molecule has 9 heteroatoms. The van der Waals surface area contributed by atoms with Crippen LogP contribution < -0.4 is 10.5 Å². The van der Waals surface area contributed by atoms with E-state index in [0.717, 1.165) is 69.6 Å². The van der Waals surface area contributed by atoms with Gasteiger partial charge in [0.05, 0.1) is 17.6 Å². The summed E-state index contributed by atoms with van der Waals surface area (Å²) in [5.74, 6) is 0.698. The summed E-state index contributed by atoms with van der Waals surface area (Å²) in [7, 11) is 0. The summed E-state index contributed by atoms with van der Waals surface area (Å²) in [5, 5.41) is 9.77. The average molecular weight is 487 g/mol. The summed E-state index contributed by atoms with van der Waals surface area (Å²) < 4.78 is 7.98. The van der Waals surface area contributed by atoms with Crippen LogP contribution in [0.3, 0.4) is 0 Å². The first-order valence-corrected chi connectivity index (χ1v) is 13.0. The number of carbonyl (C=O) groups excluding carboxylic acids is 1. The molecule has 0 saturated carbocycles. The van der Waals surface area contributed by atoms with Crippen LogP contribution in [0.2, 0.25) is 0 Å². The number of thiocarbonyl (C=S) groups is 1. The molecule has 0 aromatic carbocycles. The fraction of sp³-hybridized carbons (Fsp3) is 0.583. The molecule has 3 saturated heterocycles. The van der Waals surface area contributed by atoms with Gasteiger partial charge in [-0.3, -0.25) is 19.1 Å². The van der Waals surface area contributed by atoms with Gasteiger partial charge in [0.1, 0.15) is 21.8 Å². The van der Waals surface area contributed by atoms with Crippen molar-refractivity contribution in [3.05, 3.63) is 31.9 Å². The number of rotatable bonds is 7. The van der Waals surface area contributed by atoms with Crippen LogP contribution in [0.1, 0.15) is 62.1 Å². The van der Waals surface area contributed by atoms with Crippen LogP contribution in [0.25, 0.3) is 6.08 Å². The molecule has 3 aliphatic heterocycles. The number of ether oxygens (including phenoxy) is 1. The maximum absolute atomic E-state index is 13.3. The van der Waals surface area contributed by atoms with Crippen LogP contribution in [0.4, 0.5) is 5.82 Å². The summed E-state index contributed by atoms with van der Waals surface area (Å²) in [5.41, 5.74) is 1.31. The Morgan fingerprint density at radius 1 is 1.27 bits per heavy atom. The Morgan fingerprint density at radius 3 is 2.67 bits per heavy atom. The minimum Gasteiger partial charge on any atom is -0.376 e. The van der Waals surface area contributed by atoms with Crippen LogP contribution in [0.5, 0.6) is 0 Å². The van der Waals surface area contributed by atoms with Gasteiger partial charge in [0.15, 0.2) is 0 Å². The number of aromatic nitrogens is 1. The van der Waals surface area contributed by atoms with Gasteiger partial charge in [-0.05, 0) is 50.7 Å². The number of nitriles is 1. The van der Waals surface area contributed by atoms with Gasteiger partial charge in [0.25, 0.3) is 11.5 Å². The highest BCUT2D eigenvalue weighted by atomic mass is 32.2. The van der Waals surface area contributed by atoms with Crippen molar-refractivity contribution in [1.82, 2.24) is 9.47 Å². The summed E-state index contributed by atoms with van der Waals surface area (Å²) in [6, 6.07) is 2.11. The second-order valence-corrected chi connectivity index (χ2v) is 10.5. The van der Waals surface area contributed by atoms with Crippen molar-refractivity contribution in [3.8, 4) is 6.07 Å². The first-order chi connectivity index (χ1) is 16.0. The molecule has 0 aliphatic carbocycles. The van der Waals surface area contributed by atoms with Crippen LogP contribution in [-0.2, 0) is 16.1 Å². The molecule has 0 N–H and O–H groups in total. The number of pyridine rings is 1. The van der Waals surface area contributed by atoms with Crippen molar-refractivity contribution >= 4 is 46.1 Å². The zero-order chi connectivity index (χ0) is 23.5. The van der Waals surface area contributed by atoms with Gasteiger partial charge in [0.2, 0.25) is 0 Å². The number of anilines is 1. The fourth-order valence-electron chi connectivity index (χ4n) is 4.72. The number of amides is 1. The molecule has 0 radical (unpaired) electrons. The van der Waals surface area contributed by atoms with Crippen molar-refractivity contribution in [2.75, 3.05) is 31.1 Å². The van der Waals surface area contributed by atoms with Crippen LogP contribution in [-0.4, -0.2) is 52.0 Å². The molecule has 176 valence electrons. The predicted octanol–water partition coefficient (Wildman–Crippen LogP) is 3.81. The van der Waals surface area contributed by atoms with Crippen molar-refractivity contribution in [2.24, 2.45) is 0 Å². The third-order valence-corrected chi connectivity index (χ3v) is 7.92. The minimum absolute atomic E-state index is 0.0230. The predicted molar refractivity (Wildman–Crippen MR) is 135 cm³/mol. The van der Waals surface area contributed by atoms with Gasteiger partial charge in [-0.2, -0.15) is 5.26 Å². The normalized spacial score (nSPS) is 22.1. The summed E-state index contributed by atoms with van der Waals surface area (Å²) >= 11 is 6.81. The molecule has 1 aromatic heterocycles. The Kier molecular flexibility index (Phi) is 7.57. The summed E-state index contributed by atoms with van der Waals surface area (Å²) in [4.78, 5) is 30.9. The number of hydrogen-bond donors (Lipinski definition) is 0. The number of nitrogens with zero attached hydrogens (tertiary/aromatic N) is 4. The van der Waals surface area contributed by atoms with E-state index in [1.165, 1.54) is 11.8 Å². The smallest absolute Gasteiger partial charge is 0.270 e. The van der Waals surface area contributed by atoms with E-state index in [1.807, 2.05) is 13.0 Å². The molecule has 4 rings (SSSR count). The molecule has 3 fully saturated rings. The largest absolute Gasteiger partial charge is 0.376 e. The molecule has 1 amide bonds. The molecular formula is C24H30N4O3S2. The van der Waals surface area contributed by atoms with Crippen molar-refractivity contribution in [1.29, 1.82) is 5.26 Å². The average Bonchev–Trinajstić information content (AvgIpc) is 3.55. The molecule has 1 aromatic rings. The lowest BCUT2D eigenvalue weighted by atomic mass is 10.0. The number of carbonyl (C=O) groups is 1. The van der Waals surface area contributed by atoms with Crippen LogP contribution in [0.15, 0.2) is 9.70 Å². The highest BCUT2D eigenvalue weighted by molar-refractivity contribution is 8.26. The van der Waals surface area contributed by atoms with E-state index in [0.29, 0.717) is 27.9 Å². The highest BCUT2D eigenvalue weighted by Gasteiger charge is 2.35. The molecule has 0 bridgehead atoms. The zero-order valence-corrected chi connectivity index (χ0v) is 20.9. The van der Waals surface area contributed by atoms with Gasteiger partial charge < -0.3 is 9.64 Å².